The van der Waals surface area contributed by atoms with Crippen LogP contribution < -0.4 is 5.73 Å². The van der Waals surface area contributed by atoms with E-state index in [1.165, 1.54) is 18.9 Å². The van der Waals surface area contributed by atoms with E-state index < -0.39 is 11.5 Å². The average molecular weight is 255 g/mol. The number of thioether (sulfide) groups is 1. The molecule has 0 aromatic heterocycles. The van der Waals surface area contributed by atoms with Gasteiger partial charge in [-0.05, 0) is 5.56 Å². The predicted octanol–water partition coefficient (Wildman–Crippen LogP) is 0.739. The third kappa shape index (κ3) is 3.46. The third-order valence-electron chi connectivity index (χ3n) is 2.40. The zero-order valence-electron chi connectivity index (χ0n) is 9.76. The largest absolute Gasteiger partial charge is 0.467 e. The van der Waals surface area contributed by atoms with Crippen molar-refractivity contribution in [3.05, 3.63) is 35.9 Å². The fourth-order valence-electron chi connectivity index (χ4n) is 1.48. The molecule has 1 aromatic carbocycles. The van der Waals surface area contributed by atoms with Gasteiger partial charge in [-0.3, -0.25) is 0 Å². The lowest BCUT2D eigenvalue weighted by molar-refractivity contribution is -0.146. The van der Waals surface area contributed by atoms with E-state index in [9.17, 15) is 4.79 Å². The number of carbonyl (C=O) groups is 1. The number of hydrogen-bond donors (Lipinski definition) is 2. The highest BCUT2D eigenvalue weighted by Gasteiger charge is 2.36. The van der Waals surface area contributed by atoms with Gasteiger partial charge in [-0.25, -0.2) is 4.79 Å². The molecule has 0 saturated heterocycles. The number of hydrogen-bond acceptors (Lipinski definition) is 5. The molecule has 0 bridgehead atoms. The molecule has 1 rings (SSSR count). The number of benzene rings is 1. The third-order valence-corrected chi connectivity index (χ3v) is 3.53. The zero-order chi connectivity index (χ0) is 12.7. The lowest BCUT2D eigenvalue weighted by atomic mass is 9.93. The van der Waals surface area contributed by atoms with Crippen molar-refractivity contribution < 1.29 is 14.6 Å². The summed E-state index contributed by atoms with van der Waals surface area (Å²) in [5, 5.41) is 8.75. The molecule has 0 saturated carbocycles. The Kier molecular flexibility index (Phi) is 5.47. The maximum Gasteiger partial charge on any atom is 0.331 e. The van der Waals surface area contributed by atoms with Crippen LogP contribution in [0.15, 0.2) is 30.3 Å². The number of carbonyl (C=O) groups excluding carboxylic acids is 1. The maximum absolute atomic E-state index is 11.8. The Morgan fingerprint density at radius 1 is 1.47 bits per heavy atom. The maximum atomic E-state index is 11.8. The Labute approximate surface area is 105 Å². The van der Waals surface area contributed by atoms with Crippen molar-refractivity contribution in [3.63, 3.8) is 0 Å². The molecule has 0 spiro atoms. The van der Waals surface area contributed by atoms with E-state index in [0.717, 1.165) is 5.56 Å². The Morgan fingerprint density at radius 2 is 2.12 bits per heavy atom. The smallest absolute Gasteiger partial charge is 0.331 e. The van der Waals surface area contributed by atoms with E-state index >= 15 is 0 Å². The standard InChI is InChI=1S/C12H17NO3S/c1-16-11(15)12(13,9-17-8-7-14)10-5-3-2-4-6-10/h2-6,14H,7-9,13H2,1H3. The summed E-state index contributed by atoms with van der Waals surface area (Å²) in [6.45, 7) is 0.0662. The molecule has 1 unspecified atom stereocenters. The number of methoxy groups -OCH3 is 1. The van der Waals surface area contributed by atoms with Gasteiger partial charge in [0.2, 0.25) is 0 Å². The second kappa shape index (κ2) is 6.64. The second-order valence-corrected chi connectivity index (χ2v) is 4.71. The molecular weight excluding hydrogens is 238 g/mol. The van der Waals surface area contributed by atoms with Crippen LogP contribution in [0.4, 0.5) is 0 Å². The van der Waals surface area contributed by atoms with Gasteiger partial charge in [0, 0.05) is 11.5 Å². The summed E-state index contributed by atoms with van der Waals surface area (Å²) < 4.78 is 4.76. The molecule has 3 N–H and O–H groups in total. The highest BCUT2D eigenvalue weighted by molar-refractivity contribution is 7.99. The summed E-state index contributed by atoms with van der Waals surface area (Å²) >= 11 is 1.42. The Hall–Kier alpha value is -1.04. The Morgan fingerprint density at radius 3 is 2.65 bits per heavy atom. The summed E-state index contributed by atoms with van der Waals surface area (Å²) in [7, 11) is 1.32. The van der Waals surface area contributed by atoms with Crippen molar-refractivity contribution in [3.8, 4) is 0 Å². The first-order valence-electron chi connectivity index (χ1n) is 5.26. The van der Waals surface area contributed by atoms with E-state index in [4.69, 9.17) is 15.6 Å². The number of rotatable bonds is 6. The first kappa shape index (κ1) is 14.0. The second-order valence-electron chi connectivity index (χ2n) is 3.61. The highest BCUT2D eigenvalue weighted by Crippen LogP contribution is 2.24. The molecule has 0 aliphatic rings. The molecule has 17 heavy (non-hydrogen) atoms. The van der Waals surface area contributed by atoms with Gasteiger partial charge in [0.15, 0.2) is 0 Å². The number of ether oxygens (including phenoxy) is 1. The molecule has 1 atom stereocenters. The van der Waals surface area contributed by atoms with Gasteiger partial charge >= 0.3 is 5.97 Å². The van der Waals surface area contributed by atoms with Gasteiger partial charge in [-0.15, -0.1) is 0 Å². The van der Waals surface area contributed by atoms with Gasteiger partial charge in [0.1, 0.15) is 5.54 Å². The van der Waals surface area contributed by atoms with Crippen LogP contribution in [0.1, 0.15) is 5.56 Å². The minimum Gasteiger partial charge on any atom is -0.467 e. The van der Waals surface area contributed by atoms with Crippen LogP contribution >= 0.6 is 11.8 Å². The molecule has 0 heterocycles. The molecule has 0 radical (unpaired) electrons. The van der Waals surface area contributed by atoms with Crippen LogP contribution in [0, 0.1) is 0 Å². The summed E-state index contributed by atoms with van der Waals surface area (Å²) in [5.74, 6) is 0.460. The number of nitrogens with two attached hydrogens (primary N) is 1. The minimum absolute atomic E-state index is 0.0662. The van der Waals surface area contributed by atoms with Crippen LogP contribution in [0.3, 0.4) is 0 Å². The first-order chi connectivity index (χ1) is 8.15. The fourth-order valence-corrected chi connectivity index (χ4v) is 2.36. The first-order valence-corrected chi connectivity index (χ1v) is 6.42. The lowest BCUT2D eigenvalue weighted by Crippen LogP contribution is -2.48. The van der Waals surface area contributed by atoms with E-state index in [-0.39, 0.29) is 6.61 Å². The Bertz CT molecular complexity index is 358. The molecule has 1 aromatic rings. The van der Waals surface area contributed by atoms with Crippen LogP contribution in [-0.2, 0) is 15.1 Å². The molecule has 5 heteroatoms. The minimum atomic E-state index is -1.16. The monoisotopic (exact) mass is 255 g/mol. The summed E-state index contributed by atoms with van der Waals surface area (Å²) in [6.07, 6.45) is 0. The quantitative estimate of drug-likeness (QED) is 0.579. The SMILES string of the molecule is COC(=O)C(N)(CSCCO)c1ccccc1. The predicted molar refractivity (Wildman–Crippen MR) is 68.7 cm³/mol. The summed E-state index contributed by atoms with van der Waals surface area (Å²) in [5.41, 5.74) is 5.70. The van der Waals surface area contributed by atoms with Crippen molar-refractivity contribution in [1.29, 1.82) is 0 Å². The van der Waals surface area contributed by atoms with Gasteiger partial charge in [0.05, 0.1) is 13.7 Å². The Balaban J connectivity index is 2.90. The van der Waals surface area contributed by atoms with Gasteiger partial charge in [-0.2, -0.15) is 11.8 Å². The average Bonchev–Trinajstić information content (AvgIpc) is 2.39. The zero-order valence-corrected chi connectivity index (χ0v) is 10.6. The van der Waals surface area contributed by atoms with Crippen molar-refractivity contribution in [2.75, 3.05) is 25.2 Å². The van der Waals surface area contributed by atoms with Gasteiger partial charge in [0.25, 0.3) is 0 Å². The topological polar surface area (TPSA) is 72.5 Å². The van der Waals surface area contributed by atoms with Crippen molar-refractivity contribution in [1.82, 2.24) is 0 Å². The van der Waals surface area contributed by atoms with E-state index in [0.29, 0.717) is 11.5 Å². The molecular formula is C12H17NO3S. The number of aliphatic hydroxyl groups is 1. The number of aliphatic hydroxyl groups excluding tert-OH is 1. The fraction of sp³-hybridized carbons (Fsp3) is 0.417. The molecule has 0 amide bonds. The summed E-state index contributed by atoms with van der Waals surface area (Å²) in [6, 6.07) is 9.13. The van der Waals surface area contributed by atoms with Crippen LogP contribution in [0.2, 0.25) is 0 Å². The summed E-state index contributed by atoms with van der Waals surface area (Å²) in [4.78, 5) is 11.8. The number of esters is 1. The van der Waals surface area contributed by atoms with E-state index in [2.05, 4.69) is 0 Å². The van der Waals surface area contributed by atoms with E-state index in [1.807, 2.05) is 18.2 Å². The molecule has 0 fully saturated rings. The van der Waals surface area contributed by atoms with Crippen LogP contribution in [0.5, 0.6) is 0 Å². The van der Waals surface area contributed by atoms with Gasteiger partial charge < -0.3 is 15.6 Å². The van der Waals surface area contributed by atoms with Gasteiger partial charge in [-0.1, -0.05) is 30.3 Å². The normalized spacial score (nSPS) is 14.1. The van der Waals surface area contributed by atoms with Crippen LogP contribution in [-0.4, -0.2) is 36.3 Å². The van der Waals surface area contributed by atoms with E-state index in [1.54, 1.807) is 12.1 Å². The molecule has 4 nitrogen and oxygen atoms in total. The van der Waals surface area contributed by atoms with Crippen molar-refractivity contribution in [2.45, 2.75) is 5.54 Å². The molecule has 0 aliphatic carbocycles. The lowest BCUT2D eigenvalue weighted by Gasteiger charge is -2.26. The highest BCUT2D eigenvalue weighted by atomic mass is 32.2. The molecule has 94 valence electrons. The van der Waals surface area contributed by atoms with Crippen molar-refractivity contribution >= 4 is 17.7 Å². The molecule has 0 aliphatic heterocycles. The van der Waals surface area contributed by atoms with Crippen molar-refractivity contribution in [2.24, 2.45) is 5.73 Å². The van der Waals surface area contributed by atoms with Crippen LogP contribution in [0.25, 0.3) is 0 Å².